The van der Waals surface area contributed by atoms with Crippen molar-refractivity contribution in [3.05, 3.63) is 18.2 Å². The van der Waals surface area contributed by atoms with Gasteiger partial charge in [-0.1, -0.05) is 0 Å². The van der Waals surface area contributed by atoms with E-state index in [1.54, 1.807) is 17.1 Å². The fraction of sp³-hybridized carbons (Fsp3) is 0.733. The van der Waals surface area contributed by atoms with Gasteiger partial charge < -0.3 is 15.0 Å². The Morgan fingerprint density at radius 1 is 1.33 bits per heavy atom. The molecule has 2 fully saturated rings. The summed E-state index contributed by atoms with van der Waals surface area (Å²) in [6.45, 7) is 2.14. The number of aliphatic hydroxyl groups excluding tert-OH is 1. The van der Waals surface area contributed by atoms with E-state index in [9.17, 15) is 9.90 Å². The first kappa shape index (κ1) is 14.5. The van der Waals surface area contributed by atoms with Crippen LogP contribution in [-0.2, 0) is 7.05 Å². The van der Waals surface area contributed by atoms with Crippen molar-refractivity contribution in [1.29, 1.82) is 0 Å². The van der Waals surface area contributed by atoms with Gasteiger partial charge in [0.25, 0.3) is 5.91 Å². The normalized spacial score (nSPS) is 30.5. The molecule has 21 heavy (non-hydrogen) atoms. The van der Waals surface area contributed by atoms with Crippen molar-refractivity contribution in [1.82, 2.24) is 19.8 Å². The van der Waals surface area contributed by atoms with Crippen LogP contribution in [0.2, 0.25) is 0 Å². The van der Waals surface area contributed by atoms with Gasteiger partial charge in [-0.15, -0.1) is 0 Å². The van der Waals surface area contributed by atoms with Gasteiger partial charge in [0.15, 0.2) is 0 Å². The SMILES string of the molecule is Cn1cnc(C(=O)N[C@@H]2CCC[C@@H](N3CCCC3)[C@@H]2O)c1. The number of nitrogens with one attached hydrogen (secondary N) is 1. The van der Waals surface area contributed by atoms with Gasteiger partial charge in [0.1, 0.15) is 5.69 Å². The van der Waals surface area contributed by atoms with Crippen molar-refractivity contribution < 1.29 is 9.90 Å². The number of aromatic nitrogens is 2. The van der Waals surface area contributed by atoms with Gasteiger partial charge in [-0.05, 0) is 45.2 Å². The third-order valence-electron chi connectivity index (χ3n) is 4.69. The molecular weight excluding hydrogens is 268 g/mol. The first-order valence-electron chi connectivity index (χ1n) is 7.86. The number of amides is 1. The highest BCUT2D eigenvalue weighted by Crippen LogP contribution is 2.26. The van der Waals surface area contributed by atoms with Gasteiger partial charge in [0, 0.05) is 19.3 Å². The van der Waals surface area contributed by atoms with Crippen molar-refractivity contribution in [2.45, 2.75) is 50.3 Å². The Bertz CT molecular complexity index is 496. The quantitative estimate of drug-likeness (QED) is 0.852. The molecule has 2 heterocycles. The molecule has 0 unspecified atom stereocenters. The van der Waals surface area contributed by atoms with Gasteiger partial charge in [-0.25, -0.2) is 4.98 Å². The van der Waals surface area contributed by atoms with Gasteiger partial charge in [-0.3, -0.25) is 9.69 Å². The highest BCUT2D eigenvalue weighted by molar-refractivity contribution is 5.92. The Morgan fingerprint density at radius 3 is 2.76 bits per heavy atom. The van der Waals surface area contributed by atoms with Crippen molar-refractivity contribution in [3.8, 4) is 0 Å². The number of carbonyl (C=O) groups excluding carboxylic acids is 1. The molecule has 0 spiro atoms. The fourth-order valence-corrected chi connectivity index (χ4v) is 3.56. The monoisotopic (exact) mass is 292 g/mol. The Balaban J connectivity index is 1.63. The summed E-state index contributed by atoms with van der Waals surface area (Å²) in [5.41, 5.74) is 0.410. The molecule has 2 aliphatic rings. The van der Waals surface area contributed by atoms with Crippen LogP contribution in [0.25, 0.3) is 0 Å². The molecule has 0 bridgehead atoms. The minimum atomic E-state index is -0.482. The summed E-state index contributed by atoms with van der Waals surface area (Å²) < 4.78 is 1.75. The molecule has 1 amide bonds. The molecule has 1 aromatic rings. The maximum atomic E-state index is 12.2. The third kappa shape index (κ3) is 3.11. The maximum Gasteiger partial charge on any atom is 0.271 e. The summed E-state index contributed by atoms with van der Waals surface area (Å²) in [4.78, 5) is 18.6. The molecule has 0 radical (unpaired) electrons. The van der Waals surface area contributed by atoms with Crippen LogP contribution in [0.1, 0.15) is 42.6 Å². The summed E-state index contributed by atoms with van der Waals surface area (Å²) in [5.74, 6) is -0.193. The molecule has 3 rings (SSSR count). The molecule has 1 aliphatic carbocycles. The molecule has 6 heteroatoms. The van der Waals surface area contributed by atoms with Crippen LogP contribution >= 0.6 is 0 Å². The van der Waals surface area contributed by atoms with E-state index in [0.29, 0.717) is 5.69 Å². The zero-order chi connectivity index (χ0) is 14.8. The van der Waals surface area contributed by atoms with Gasteiger partial charge >= 0.3 is 0 Å². The Labute approximate surface area is 125 Å². The summed E-state index contributed by atoms with van der Waals surface area (Å²) in [7, 11) is 1.84. The topological polar surface area (TPSA) is 70.4 Å². The van der Waals surface area contributed by atoms with Crippen LogP contribution in [0.15, 0.2) is 12.5 Å². The van der Waals surface area contributed by atoms with E-state index in [4.69, 9.17) is 0 Å². The van der Waals surface area contributed by atoms with Crippen LogP contribution in [-0.4, -0.2) is 56.7 Å². The molecule has 6 nitrogen and oxygen atoms in total. The van der Waals surface area contributed by atoms with E-state index >= 15 is 0 Å². The van der Waals surface area contributed by atoms with E-state index in [2.05, 4.69) is 15.2 Å². The second kappa shape index (κ2) is 6.15. The maximum absolute atomic E-state index is 12.2. The lowest BCUT2D eigenvalue weighted by Gasteiger charge is -2.39. The lowest BCUT2D eigenvalue weighted by Crippen LogP contribution is -2.56. The number of rotatable bonds is 3. The first-order chi connectivity index (χ1) is 10.1. The Hall–Kier alpha value is -1.40. The van der Waals surface area contributed by atoms with Crippen LogP contribution in [0.3, 0.4) is 0 Å². The van der Waals surface area contributed by atoms with E-state index < -0.39 is 6.10 Å². The third-order valence-corrected chi connectivity index (χ3v) is 4.69. The van der Waals surface area contributed by atoms with Crippen LogP contribution in [0.5, 0.6) is 0 Å². The number of likely N-dealkylation sites (tertiary alicyclic amines) is 1. The first-order valence-corrected chi connectivity index (χ1v) is 7.86. The van der Waals surface area contributed by atoms with Crippen molar-refractivity contribution in [2.75, 3.05) is 13.1 Å². The highest BCUT2D eigenvalue weighted by Gasteiger charge is 2.37. The smallest absolute Gasteiger partial charge is 0.271 e. The number of carbonyl (C=O) groups is 1. The minimum Gasteiger partial charge on any atom is -0.389 e. The fourth-order valence-electron chi connectivity index (χ4n) is 3.56. The van der Waals surface area contributed by atoms with Crippen molar-refractivity contribution >= 4 is 5.91 Å². The number of hydrogen-bond acceptors (Lipinski definition) is 4. The zero-order valence-corrected chi connectivity index (χ0v) is 12.5. The molecular formula is C15H24N4O2. The number of aryl methyl sites for hydroxylation is 1. The van der Waals surface area contributed by atoms with Gasteiger partial charge in [0.05, 0.1) is 18.5 Å². The van der Waals surface area contributed by atoms with Crippen LogP contribution in [0.4, 0.5) is 0 Å². The highest BCUT2D eigenvalue weighted by atomic mass is 16.3. The number of nitrogens with zero attached hydrogens (tertiary/aromatic N) is 3. The molecule has 2 N–H and O–H groups in total. The van der Waals surface area contributed by atoms with Gasteiger partial charge in [-0.2, -0.15) is 0 Å². The molecule has 0 aromatic carbocycles. The molecule has 1 aromatic heterocycles. The lowest BCUT2D eigenvalue weighted by atomic mass is 9.87. The summed E-state index contributed by atoms with van der Waals surface area (Å²) >= 11 is 0. The van der Waals surface area contributed by atoms with E-state index in [1.807, 2.05) is 7.05 Å². The summed E-state index contributed by atoms with van der Waals surface area (Å²) in [5, 5.41) is 13.6. The Kier molecular flexibility index (Phi) is 4.26. The molecule has 1 saturated carbocycles. The second-order valence-electron chi connectivity index (χ2n) is 6.24. The van der Waals surface area contributed by atoms with Crippen molar-refractivity contribution in [2.24, 2.45) is 7.05 Å². The van der Waals surface area contributed by atoms with Crippen LogP contribution < -0.4 is 5.32 Å². The molecule has 1 aliphatic heterocycles. The lowest BCUT2D eigenvalue weighted by molar-refractivity contribution is 0.00698. The average molecular weight is 292 g/mol. The summed E-state index contributed by atoms with van der Waals surface area (Å²) in [6, 6.07) is 0.0224. The predicted molar refractivity (Wildman–Crippen MR) is 78.9 cm³/mol. The van der Waals surface area contributed by atoms with Gasteiger partial charge in [0.2, 0.25) is 0 Å². The minimum absolute atomic E-state index is 0.168. The molecule has 3 atom stereocenters. The van der Waals surface area contributed by atoms with Crippen LogP contribution in [0, 0.1) is 0 Å². The van der Waals surface area contributed by atoms with E-state index in [0.717, 1.165) is 32.4 Å². The standard InChI is InChI=1S/C15H24N4O2/c1-18-9-12(16-10-18)15(21)17-11-5-4-6-13(14(11)20)19-7-2-3-8-19/h9-11,13-14,20H,2-8H2,1H3,(H,17,21)/t11-,13-,14-/m1/s1. The molecule has 116 valence electrons. The number of hydrogen-bond donors (Lipinski definition) is 2. The Morgan fingerprint density at radius 2 is 2.10 bits per heavy atom. The second-order valence-corrected chi connectivity index (χ2v) is 6.24. The number of aliphatic hydroxyl groups is 1. The van der Waals surface area contributed by atoms with E-state index in [1.165, 1.54) is 12.8 Å². The average Bonchev–Trinajstić information content (AvgIpc) is 3.12. The number of imidazole rings is 1. The van der Waals surface area contributed by atoms with E-state index in [-0.39, 0.29) is 18.0 Å². The van der Waals surface area contributed by atoms with Crippen molar-refractivity contribution in [3.63, 3.8) is 0 Å². The summed E-state index contributed by atoms with van der Waals surface area (Å²) in [6.07, 6.45) is 8.17. The zero-order valence-electron chi connectivity index (χ0n) is 12.5. The largest absolute Gasteiger partial charge is 0.389 e. The predicted octanol–water partition coefficient (Wildman–Crippen LogP) is 0.528. The molecule has 1 saturated heterocycles.